The minimum absolute atomic E-state index is 0.601. The van der Waals surface area contributed by atoms with Gasteiger partial charge in [0.05, 0.1) is 28.7 Å². The Morgan fingerprint density at radius 2 is 1.15 bits per heavy atom. The molecular formula is C29H18N4. The number of anilines is 3. The lowest BCUT2D eigenvalue weighted by Gasteiger charge is -2.25. The summed E-state index contributed by atoms with van der Waals surface area (Å²) in [4.78, 5) is 11.8. The van der Waals surface area contributed by atoms with Gasteiger partial charge in [-0.3, -0.25) is 4.90 Å². The van der Waals surface area contributed by atoms with E-state index < -0.39 is 0 Å². The molecule has 0 unspecified atom stereocenters. The van der Waals surface area contributed by atoms with E-state index in [0.717, 1.165) is 33.8 Å². The molecule has 0 fully saturated rings. The van der Waals surface area contributed by atoms with Gasteiger partial charge >= 0.3 is 0 Å². The first-order chi connectivity index (χ1) is 16.3. The summed E-state index contributed by atoms with van der Waals surface area (Å²) in [5.74, 6) is 0.601. The predicted octanol–water partition coefficient (Wildman–Crippen LogP) is 7.13. The number of nitriles is 1. The van der Waals surface area contributed by atoms with Crippen molar-refractivity contribution in [3.63, 3.8) is 0 Å². The van der Waals surface area contributed by atoms with Crippen LogP contribution in [-0.4, -0.2) is 9.97 Å². The number of fused-ring (bicyclic) bond motifs is 5. The monoisotopic (exact) mass is 422 g/mol. The third-order valence-corrected chi connectivity index (χ3v) is 5.95. The molecule has 0 saturated carbocycles. The molecular weight excluding hydrogens is 404 g/mol. The second kappa shape index (κ2) is 7.74. The van der Waals surface area contributed by atoms with Crippen LogP contribution in [0.15, 0.2) is 109 Å². The largest absolute Gasteiger partial charge is 0.278 e. The molecule has 4 heteroatoms. The SMILES string of the molecule is N#Cc1ccc(-c2ccnc(N3c4ccccc4-c4ccccc4-c4ccccc43)n2)cc1. The van der Waals surface area contributed by atoms with Crippen molar-refractivity contribution in [2.75, 3.05) is 4.90 Å². The third kappa shape index (κ3) is 3.15. The number of benzene rings is 4. The molecule has 1 aromatic heterocycles. The summed E-state index contributed by atoms with van der Waals surface area (Å²) in [5.41, 5.74) is 9.09. The number of hydrogen-bond donors (Lipinski definition) is 0. The molecule has 2 heterocycles. The van der Waals surface area contributed by atoms with Gasteiger partial charge in [0.2, 0.25) is 5.95 Å². The molecule has 6 rings (SSSR count). The van der Waals surface area contributed by atoms with Crippen molar-refractivity contribution >= 4 is 17.3 Å². The van der Waals surface area contributed by atoms with E-state index in [4.69, 9.17) is 10.2 Å². The van der Waals surface area contributed by atoms with Gasteiger partial charge < -0.3 is 0 Å². The summed E-state index contributed by atoms with van der Waals surface area (Å²) < 4.78 is 0. The maximum Gasteiger partial charge on any atom is 0.235 e. The van der Waals surface area contributed by atoms with E-state index in [1.54, 1.807) is 6.20 Å². The number of para-hydroxylation sites is 2. The van der Waals surface area contributed by atoms with Crippen molar-refractivity contribution in [3.05, 3.63) is 115 Å². The van der Waals surface area contributed by atoms with E-state index in [0.29, 0.717) is 11.5 Å². The van der Waals surface area contributed by atoms with Gasteiger partial charge in [-0.25, -0.2) is 9.97 Å². The minimum Gasteiger partial charge on any atom is -0.278 e. The molecule has 0 saturated heterocycles. The van der Waals surface area contributed by atoms with Gasteiger partial charge in [-0.2, -0.15) is 5.26 Å². The standard InChI is InChI=1S/C29H18N4/c30-19-20-13-15-21(16-14-20)26-17-18-31-29(32-26)33-27-11-5-3-9-24(27)22-7-1-2-8-23(22)25-10-4-6-12-28(25)33/h1-18H. The topological polar surface area (TPSA) is 52.8 Å². The lowest BCUT2D eigenvalue weighted by molar-refractivity contribution is 1.09. The molecule has 4 aromatic carbocycles. The zero-order valence-electron chi connectivity index (χ0n) is 17.7. The normalized spacial score (nSPS) is 11.5. The van der Waals surface area contributed by atoms with Gasteiger partial charge in [0.1, 0.15) is 0 Å². The van der Waals surface area contributed by atoms with Crippen molar-refractivity contribution in [1.82, 2.24) is 9.97 Å². The molecule has 0 atom stereocenters. The fourth-order valence-electron chi connectivity index (χ4n) is 4.42. The second-order valence-electron chi connectivity index (χ2n) is 7.85. The van der Waals surface area contributed by atoms with Crippen LogP contribution in [-0.2, 0) is 0 Å². The van der Waals surface area contributed by atoms with Gasteiger partial charge in [0.25, 0.3) is 0 Å². The first-order valence-corrected chi connectivity index (χ1v) is 10.7. The van der Waals surface area contributed by atoms with Gasteiger partial charge in [-0.1, -0.05) is 72.8 Å². The highest BCUT2D eigenvalue weighted by Gasteiger charge is 2.26. The molecule has 154 valence electrons. The van der Waals surface area contributed by atoms with Gasteiger partial charge in [-0.15, -0.1) is 0 Å². The van der Waals surface area contributed by atoms with Gasteiger partial charge in [0, 0.05) is 22.9 Å². The van der Waals surface area contributed by atoms with Crippen LogP contribution in [0.25, 0.3) is 33.5 Å². The first-order valence-electron chi connectivity index (χ1n) is 10.7. The Kier molecular flexibility index (Phi) is 4.45. The summed E-state index contributed by atoms with van der Waals surface area (Å²) in [5, 5.41) is 9.12. The fraction of sp³-hybridized carbons (Fsp3) is 0. The molecule has 1 aliphatic rings. The van der Waals surface area contributed by atoms with Crippen molar-refractivity contribution < 1.29 is 0 Å². The highest BCUT2D eigenvalue weighted by atomic mass is 15.3. The van der Waals surface area contributed by atoms with Crippen molar-refractivity contribution in [2.24, 2.45) is 0 Å². The quantitative estimate of drug-likeness (QED) is 0.298. The van der Waals surface area contributed by atoms with Crippen molar-refractivity contribution in [1.29, 1.82) is 5.26 Å². The van der Waals surface area contributed by atoms with E-state index in [-0.39, 0.29) is 0 Å². The van der Waals surface area contributed by atoms with Crippen LogP contribution in [0.1, 0.15) is 5.56 Å². The average molecular weight is 422 g/mol. The van der Waals surface area contributed by atoms with Crippen molar-refractivity contribution in [2.45, 2.75) is 0 Å². The number of rotatable bonds is 2. The molecule has 0 amide bonds. The number of nitrogens with zero attached hydrogens (tertiary/aromatic N) is 4. The molecule has 0 bridgehead atoms. The lowest BCUT2D eigenvalue weighted by Crippen LogP contribution is -2.14. The minimum atomic E-state index is 0.601. The van der Waals surface area contributed by atoms with E-state index in [2.05, 4.69) is 76.6 Å². The highest BCUT2D eigenvalue weighted by Crippen LogP contribution is 2.49. The summed E-state index contributed by atoms with van der Waals surface area (Å²) in [6.45, 7) is 0. The smallest absolute Gasteiger partial charge is 0.235 e. The summed E-state index contributed by atoms with van der Waals surface area (Å²) >= 11 is 0. The van der Waals surface area contributed by atoms with Crippen molar-refractivity contribution in [3.8, 4) is 39.6 Å². The summed E-state index contributed by atoms with van der Waals surface area (Å²) in [6, 6.07) is 36.8. The third-order valence-electron chi connectivity index (χ3n) is 5.95. The molecule has 1 aliphatic heterocycles. The van der Waals surface area contributed by atoms with Crippen LogP contribution in [0, 0.1) is 11.3 Å². The van der Waals surface area contributed by atoms with E-state index >= 15 is 0 Å². The maximum atomic E-state index is 9.12. The van der Waals surface area contributed by atoms with E-state index in [1.165, 1.54) is 11.1 Å². The van der Waals surface area contributed by atoms with Crippen LogP contribution in [0.4, 0.5) is 17.3 Å². The summed E-state index contributed by atoms with van der Waals surface area (Å²) in [7, 11) is 0. The Morgan fingerprint density at radius 1 is 0.606 bits per heavy atom. The van der Waals surface area contributed by atoms with Crippen LogP contribution < -0.4 is 4.90 Å². The molecule has 0 radical (unpaired) electrons. The summed E-state index contributed by atoms with van der Waals surface area (Å²) in [6.07, 6.45) is 1.79. The molecule has 0 N–H and O–H groups in total. The molecule has 4 nitrogen and oxygen atoms in total. The van der Waals surface area contributed by atoms with Gasteiger partial charge in [-0.05, 0) is 41.5 Å². The highest BCUT2D eigenvalue weighted by molar-refractivity contribution is 6.01. The van der Waals surface area contributed by atoms with Crippen LogP contribution in [0.5, 0.6) is 0 Å². The Morgan fingerprint density at radius 3 is 1.73 bits per heavy atom. The molecule has 5 aromatic rings. The van der Waals surface area contributed by atoms with E-state index in [1.807, 2.05) is 42.5 Å². The number of aromatic nitrogens is 2. The predicted molar refractivity (Wildman–Crippen MR) is 131 cm³/mol. The molecule has 0 spiro atoms. The Balaban J connectivity index is 1.59. The van der Waals surface area contributed by atoms with Crippen LogP contribution >= 0.6 is 0 Å². The fourth-order valence-corrected chi connectivity index (χ4v) is 4.42. The Labute approximate surface area is 192 Å². The van der Waals surface area contributed by atoms with Gasteiger partial charge in [0.15, 0.2) is 0 Å². The van der Waals surface area contributed by atoms with Crippen LogP contribution in [0.2, 0.25) is 0 Å². The Hall–Kier alpha value is -4.75. The maximum absolute atomic E-state index is 9.12. The zero-order chi connectivity index (χ0) is 22.2. The molecule has 33 heavy (non-hydrogen) atoms. The Bertz CT molecular complexity index is 1460. The lowest BCUT2D eigenvalue weighted by atomic mass is 9.95. The zero-order valence-corrected chi connectivity index (χ0v) is 17.7. The van der Waals surface area contributed by atoms with Crippen LogP contribution in [0.3, 0.4) is 0 Å². The first kappa shape index (κ1) is 19.0. The molecule has 0 aliphatic carbocycles. The van der Waals surface area contributed by atoms with E-state index in [9.17, 15) is 0 Å². The average Bonchev–Trinajstić information content (AvgIpc) is 3.02. The number of hydrogen-bond acceptors (Lipinski definition) is 4. The second-order valence-corrected chi connectivity index (χ2v) is 7.85.